The molecule has 22 heavy (non-hydrogen) atoms. The summed E-state index contributed by atoms with van der Waals surface area (Å²) in [5, 5.41) is 16.7. The van der Waals surface area contributed by atoms with Gasteiger partial charge in [0.05, 0.1) is 12.1 Å². The van der Waals surface area contributed by atoms with E-state index in [0.717, 1.165) is 17.7 Å². The Morgan fingerprint density at radius 1 is 1.00 bits per heavy atom. The second kappa shape index (κ2) is 5.74. The van der Waals surface area contributed by atoms with Gasteiger partial charge >= 0.3 is 0 Å². The number of halogens is 2. The Kier molecular flexibility index (Phi) is 3.62. The summed E-state index contributed by atoms with van der Waals surface area (Å²) in [5.41, 5.74) is 0.525. The van der Waals surface area contributed by atoms with E-state index < -0.39 is 11.6 Å². The molecule has 3 aromatic rings. The van der Waals surface area contributed by atoms with Crippen molar-refractivity contribution in [2.75, 3.05) is 0 Å². The molecule has 0 spiro atoms. The van der Waals surface area contributed by atoms with Crippen LogP contribution in [-0.4, -0.2) is 15.0 Å². The van der Waals surface area contributed by atoms with Crippen LogP contribution < -0.4 is 0 Å². The van der Waals surface area contributed by atoms with Crippen LogP contribution in [0.1, 0.15) is 11.3 Å². The number of aromatic nitrogens is 3. The van der Waals surface area contributed by atoms with E-state index in [1.807, 2.05) is 36.4 Å². The van der Waals surface area contributed by atoms with Gasteiger partial charge in [0.25, 0.3) is 0 Å². The van der Waals surface area contributed by atoms with Crippen molar-refractivity contribution in [2.45, 2.75) is 6.54 Å². The van der Waals surface area contributed by atoms with E-state index in [0.29, 0.717) is 0 Å². The monoisotopic (exact) mass is 296 g/mol. The minimum atomic E-state index is -0.756. The van der Waals surface area contributed by atoms with Gasteiger partial charge in [-0.25, -0.2) is 13.5 Å². The molecule has 0 aliphatic carbocycles. The summed E-state index contributed by atoms with van der Waals surface area (Å²) < 4.78 is 29.4. The van der Waals surface area contributed by atoms with Gasteiger partial charge in [-0.05, 0) is 17.7 Å². The van der Waals surface area contributed by atoms with Crippen molar-refractivity contribution in [3.05, 3.63) is 71.4 Å². The molecule has 0 aliphatic rings. The lowest BCUT2D eigenvalue weighted by molar-refractivity contribution is 0.581. The smallest absolute Gasteiger partial charge is 0.190 e. The summed E-state index contributed by atoms with van der Waals surface area (Å²) >= 11 is 0. The highest BCUT2D eigenvalue weighted by atomic mass is 19.1. The van der Waals surface area contributed by atoms with Crippen molar-refractivity contribution < 1.29 is 8.78 Å². The fraction of sp³-hybridized carbons (Fsp3) is 0.0625. The molecule has 0 bridgehead atoms. The van der Waals surface area contributed by atoms with Crippen molar-refractivity contribution >= 4 is 0 Å². The molecule has 0 atom stereocenters. The van der Waals surface area contributed by atoms with E-state index in [2.05, 4.69) is 10.3 Å². The molecule has 0 saturated heterocycles. The average molecular weight is 296 g/mol. The molecule has 0 fully saturated rings. The molecule has 2 aromatic carbocycles. The Balaban J connectivity index is 2.15. The lowest BCUT2D eigenvalue weighted by Crippen LogP contribution is -2.06. The van der Waals surface area contributed by atoms with Crippen molar-refractivity contribution in [2.24, 2.45) is 0 Å². The molecule has 0 amide bonds. The van der Waals surface area contributed by atoms with Crippen LogP contribution in [0.5, 0.6) is 0 Å². The Labute approximate surface area is 125 Å². The Hall–Kier alpha value is -3.07. The third-order valence-electron chi connectivity index (χ3n) is 3.22. The maximum atomic E-state index is 14.0. The van der Waals surface area contributed by atoms with E-state index in [9.17, 15) is 8.78 Å². The number of nitriles is 1. The van der Waals surface area contributed by atoms with Gasteiger partial charge in [0, 0.05) is 0 Å². The first-order chi connectivity index (χ1) is 10.7. The zero-order chi connectivity index (χ0) is 15.5. The fourth-order valence-corrected chi connectivity index (χ4v) is 2.23. The number of nitrogens with zero attached hydrogens (tertiary/aromatic N) is 4. The maximum absolute atomic E-state index is 14.0. The third-order valence-corrected chi connectivity index (χ3v) is 3.22. The second-order valence-corrected chi connectivity index (χ2v) is 4.64. The first kappa shape index (κ1) is 13.9. The first-order valence-electron chi connectivity index (χ1n) is 6.52. The van der Waals surface area contributed by atoms with Crippen LogP contribution in [0.4, 0.5) is 8.78 Å². The summed E-state index contributed by atoms with van der Waals surface area (Å²) in [6, 6.07) is 14.6. The fourth-order valence-electron chi connectivity index (χ4n) is 2.23. The van der Waals surface area contributed by atoms with Crippen molar-refractivity contribution in [1.82, 2.24) is 15.0 Å². The van der Waals surface area contributed by atoms with Gasteiger partial charge < -0.3 is 0 Å². The highest BCUT2D eigenvalue weighted by Crippen LogP contribution is 2.28. The van der Waals surface area contributed by atoms with E-state index >= 15 is 0 Å². The van der Waals surface area contributed by atoms with Crippen LogP contribution in [0.15, 0.2) is 48.5 Å². The van der Waals surface area contributed by atoms with Crippen molar-refractivity contribution in [3.8, 4) is 17.3 Å². The Morgan fingerprint density at radius 2 is 1.68 bits per heavy atom. The number of hydrogen-bond donors (Lipinski definition) is 0. The van der Waals surface area contributed by atoms with Crippen molar-refractivity contribution in [1.29, 1.82) is 5.26 Å². The van der Waals surface area contributed by atoms with Crippen LogP contribution in [0.3, 0.4) is 0 Å². The average Bonchev–Trinajstić information content (AvgIpc) is 2.91. The van der Waals surface area contributed by atoms with Gasteiger partial charge in [-0.15, -0.1) is 5.10 Å². The minimum Gasteiger partial charge on any atom is -0.239 e. The van der Waals surface area contributed by atoms with Crippen LogP contribution >= 0.6 is 0 Å². The highest BCUT2D eigenvalue weighted by Gasteiger charge is 2.21. The van der Waals surface area contributed by atoms with Crippen molar-refractivity contribution in [3.63, 3.8) is 0 Å². The highest BCUT2D eigenvalue weighted by molar-refractivity contribution is 5.66. The van der Waals surface area contributed by atoms with Gasteiger partial charge in [0.2, 0.25) is 0 Å². The van der Waals surface area contributed by atoms with Crippen LogP contribution in [0.25, 0.3) is 11.3 Å². The van der Waals surface area contributed by atoms with Gasteiger partial charge in [-0.3, -0.25) is 0 Å². The summed E-state index contributed by atoms with van der Waals surface area (Å²) in [4.78, 5) is 0. The number of rotatable bonds is 3. The zero-order valence-corrected chi connectivity index (χ0v) is 11.4. The molecule has 0 radical (unpaired) electrons. The molecule has 6 heteroatoms. The van der Waals surface area contributed by atoms with Crippen LogP contribution in [0.2, 0.25) is 0 Å². The maximum Gasteiger partial charge on any atom is 0.190 e. The van der Waals surface area contributed by atoms with Crippen LogP contribution in [-0.2, 0) is 6.54 Å². The first-order valence-corrected chi connectivity index (χ1v) is 6.52. The lowest BCUT2D eigenvalue weighted by Gasteiger charge is -2.08. The molecule has 1 aromatic heterocycles. The molecule has 4 nitrogen and oxygen atoms in total. The number of benzene rings is 2. The molecular weight excluding hydrogens is 286 g/mol. The standard InChI is InChI=1S/C16H10F2N4/c17-12-7-4-8-13(18)15(12)16-14(9-19)20-21-22(16)10-11-5-2-1-3-6-11/h1-8H,10H2. The molecule has 0 N–H and O–H groups in total. The Morgan fingerprint density at radius 3 is 2.32 bits per heavy atom. The normalized spacial score (nSPS) is 10.4. The molecule has 1 heterocycles. The molecule has 108 valence electrons. The SMILES string of the molecule is N#Cc1nnn(Cc2ccccc2)c1-c1c(F)cccc1F. The van der Waals surface area contributed by atoms with E-state index in [4.69, 9.17) is 5.26 Å². The van der Waals surface area contributed by atoms with E-state index in [1.54, 1.807) is 0 Å². The predicted molar refractivity (Wildman–Crippen MR) is 75.6 cm³/mol. The van der Waals surface area contributed by atoms with Gasteiger partial charge in [0.15, 0.2) is 5.69 Å². The minimum absolute atomic E-state index is 0.0435. The molecule has 0 saturated carbocycles. The van der Waals surface area contributed by atoms with E-state index in [1.165, 1.54) is 10.7 Å². The summed E-state index contributed by atoms with van der Waals surface area (Å²) in [7, 11) is 0. The predicted octanol–water partition coefficient (Wildman–Crippen LogP) is 3.14. The molecule has 0 aliphatic heterocycles. The quantitative estimate of drug-likeness (QED) is 0.746. The zero-order valence-electron chi connectivity index (χ0n) is 11.4. The van der Waals surface area contributed by atoms with Gasteiger partial charge in [0.1, 0.15) is 23.4 Å². The van der Waals surface area contributed by atoms with Crippen LogP contribution in [0, 0.1) is 23.0 Å². The number of hydrogen-bond acceptors (Lipinski definition) is 3. The van der Waals surface area contributed by atoms with E-state index in [-0.39, 0.29) is 23.5 Å². The largest absolute Gasteiger partial charge is 0.239 e. The summed E-state index contributed by atoms with van der Waals surface area (Å²) in [6.45, 7) is 0.263. The molecular formula is C16H10F2N4. The summed E-state index contributed by atoms with van der Waals surface area (Å²) in [5.74, 6) is -1.51. The molecule has 3 rings (SSSR count). The third kappa shape index (κ3) is 2.44. The second-order valence-electron chi connectivity index (χ2n) is 4.64. The van der Waals surface area contributed by atoms with Gasteiger partial charge in [-0.1, -0.05) is 41.6 Å². The lowest BCUT2D eigenvalue weighted by atomic mass is 10.1. The molecule has 0 unspecified atom stereocenters. The van der Waals surface area contributed by atoms with Gasteiger partial charge in [-0.2, -0.15) is 5.26 Å². The topological polar surface area (TPSA) is 54.5 Å². The Bertz CT molecular complexity index is 830. The summed E-state index contributed by atoms with van der Waals surface area (Å²) in [6.07, 6.45) is 0.